The van der Waals surface area contributed by atoms with Gasteiger partial charge in [-0.2, -0.15) is 5.21 Å². The maximum absolute atomic E-state index is 12.7. The first-order chi connectivity index (χ1) is 15.3. The molecule has 5 N–H and O–H groups in total. The van der Waals surface area contributed by atoms with Crippen LogP contribution in [0, 0.1) is 0 Å². The first kappa shape index (κ1) is 22.3. The van der Waals surface area contributed by atoms with Gasteiger partial charge in [-0.25, -0.2) is 9.59 Å². The van der Waals surface area contributed by atoms with E-state index in [0.717, 1.165) is 16.7 Å². The summed E-state index contributed by atoms with van der Waals surface area (Å²) in [5.74, 6) is -3.56. The highest BCUT2D eigenvalue weighted by molar-refractivity contribution is 8.01. The van der Waals surface area contributed by atoms with Crippen LogP contribution in [0.3, 0.4) is 0 Å². The number of carboxylic acids is 2. The number of nitrogens with one attached hydrogen (secondary N) is 2. The van der Waals surface area contributed by atoms with E-state index in [-0.39, 0.29) is 27.9 Å². The topological polar surface area (TPSA) is 186 Å². The van der Waals surface area contributed by atoms with Crippen LogP contribution in [-0.2, 0) is 14.4 Å². The zero-order valence-electron chi connectivity index (χ0n) is 15.9. The molecule has 168 valence electrons. The monoisotopic (exact) mass is 497 g/mol. The molecular weight excluding hydrogens is 482 g/mol. The van der Waals surface area contributed by atoms with E-state index in [1.54, 1.807) is 17.5 Å². The SMILES string of the molecule is O=C(O)C1=C(CSc2n[nH]nc2C(=O)O)CS[C@@H]2C(NC(=O)C(O)c3cccs3)C(=O)N12. The average Bonchev–Trinajstić information content (AvgIpc) is 3.46. The van der Waals surface area contributed by atoms with Gasteiger partial charge in [0.1, 0.15) is 17.1 Å². The van der Waals surface area contributed by atoms with Crippen LogP contribution in [0.25, 0.3) is 0 Å². The summed E-state index contributed by atoms with van der Waals surface area (Å²) in [7, 11) is 0. The molecule has 1 fully saturated rings. The Morgan fingerprint density at radius 3 is 2.75 bits per heavy atom. The summed E-state index contributed by atoms with van der Waals surface area (Å²) in [5.41, 5.74) is -0.0586. The van der Waals surface area contributed by atoms with Crippen molar-refractivity contribution in [2.75, 3.05) is 11.5 Å². The van der Waals surface area contributed by atoms with E-state index >= 15 is 0 Å². The second-order valence-corrected chi connectivity index (χ2v) is 9.69. The number of amides is 2. The van der Waals surface area contributed by atoms with E-state index in [0.29, 0.717) is 10.5 Å². The lowest BCUT2D eigenvalue weighted by atomic mass is 10.0. The Bertz CT molecular complexity index is 1120. The Morgan fingerprint density at radius 1 is 1.31 bits per heavy atom. The lowest BCUT2D eigenvalue weighted by Crippen LogP contribution is -2.70. The number of aliphatic hydroxyl groups excluding tert-OH is 1. The highest BCUT2D eigenvalue weighted by Crippen LogP contribution is 2.41. The van der Waals surface area contributed by atoms with Crippen LogP contribution in [-0.4, -0.2) is 82.3 Å². The van der Waals surface area contributed by atoms with Gasteiger partial charge in [-0.15, -0.1) is 33.3 Å². The first-order valence-electron chi connectivity index (χ1n) is 8.98. The smallest absolute Gasteiger partial charge is 0.359 e. The number of fused-ring (bicyclic) bond motifs is 1. The van der Waals surface area contributed by atoms with Crippen molar-refractivity contribution in [3.8, 4) is 0 Å². The lowest BCUT2D eigenvalue weighted by molar-refractivity contribution is -0.151. The van der Waals surface area contributed by atoms with Crippen molar-refractivity contribution in [2.24, 2.45) is 0 Å². The molecule has 3 atom stereocenters. The van der Waals surface area contributed by atoms with Gasteiger partial charge in [0.25, 0.3) is 11.8 Å². The minimum absolute atomic E-state index is 0.0893. The Kier molecular flexibility index (Phi) is 6.23. The van der Waals surface area contributed by atoms with Gasteiger partial charge in [-0.05, 0) is 17.0 Å². The number of carboxylic acid groups (broad SMARTS) is 2. The molecule has 2 aromatic rings. The zero-order valence-corrected chi connectivity index (χ0v) is 18.4. The minimum atomic E-state index is -1.42. The number of aliphatic carboxylic acids is 1. The number of carbonyl (C=O) groups is 4. The fourth-order valence-electron chi connectivity index (χ4n) is 3.22. The lowest BCUT2D eigenvalue weighted by Gasteiger charge is -2.49. The Hall–Kier alpha value is -2.88. The molecule has 15 heteroatoms. The summed E-state index contributed by atoms with van der Waals surface area (Å²) in [4.78, 5) is 49.6. The zero-order chi connectivity index (χ0) is 23.0. The third-order valence-corrected chi connectivity index (χ3v) is 8.03. The van der Waals surface area contributed by atoms with E-state index < -0.39 is 41.3 Å². The third kappa shape index (κ3) is 3.99. The highest BCUT2D eigenvalue weighted by atomic mass is 32.2. The van der Waals surface area contributed by atoms with Crippen molar-refractivity contribution >= 4 is 58.6 Å². The number of aromatic nitrogens is 3. The summed E-state index contributed by atoms with van der Waals surface area (Å²) in [6.07, 6.45) is -1.42. The molecule has 4 heterocycles. The number of rotatable bonds is 8. The number of H-pyrrole nitrogens is 1. The highest BCUT2D eigenvalue weighted by Gasteiger charge is 2.54. The number of aliphatic hydroxyl groups is 1. The summed E-state index contributed by atoms with van der Waals surface area (Å²) in [5, 5.41) is 42.1. The molecule has 2 aliphatic heterocycles. The van der Waals surface area contributed by atoms with Crippen LogP contribution in [0.1, 0.15) is 21.5 Å². The number of β-lactam (4-membered cyclic amide) rings is 1. The summed E-state index contributed by atoms with van der Waals surface area (Å²) >= 11 is 3.46. The number of nitrogens with zero attached hydrogens (tertiary/aromatic N) is 3. The van der Waals surface area contributed by atoms with E-state index in [1.807, 2.05) is 0 Å². The Labute approximate surface area is 192 Å². The second kappa shape index (κ2) is 8.93. The fraction of sp³-hybridized carbons (Fsp3) is 0.294. The predicted molar refractivity (Wildman–Crippen MR) is 113 cm³/mol. The molecular formula is C17H15N5O7S3. The van der Waals surface area contributed by atoms with Crippen LogP contribution in [0.2, 0.25) is 0 Å². The number of hydrogen-bond donors (Lipinski definition) is 5. The summed E-state index contributed by atoms with van der Waals surface area (Å²) in [6.45, 7) is 0. The molecule has 2 unspecified atom stereocenters. The van der Waals surface area contributed by atoms with Gasteiger partial charge >= 0.3 is 11.9 Å². The quantitative estimate of drug-likeness (QED) is 0.246. The molecule has 1 saturated heterocycles. The molecule has 2 aromatic heterocycles. The average molecular weight is 498 g/mol. The summed E-state index contributed by atoms with van der Waals surface area (Å²) in [6, 6.07) is 2.32. The second-order valence-electron chi connectivity index (χ2n) is 6.64. The van der Waals surface area contributed by atoms with Gasteiger partial charge in [0.05, 0.1) is 0 Å². The van der Waals surface area contributed by atoms with E-state index in [2.05, 4.69) is 20.7 Å². The van der Waals surface area contributed by atoms with E-state index in [9.17, 15) is 29.4 Å². The molecule has 0 saturated carbocycles. The van der Waals surface area contributed by atoms with E-state index in [4.69, 9.17) is 5.11 Å². The number of aromatic amines is 1. The van der Waals surface area contributed by atoms with Crippen LogP contribution < -0.4 is 5.32 Å². The molecule has 4 rings (SSSR count). The predicted octanol–water partition coefficient (Wildman–Crippen LogP) is 0.129. The number of aromatic carboxylic acids is 1. The molecule has 0 aliphatic carbocycles. The molecule has 0 spiro atoms. The first-order valence-corrected chi connectivity index (χ1v) is 11.9. The molecule has 32 heavy (non-hydrogen) atoms. The number of hydrogen-bond acceptors (Lipinski definition) is 10. The van der Waals surface area contributed by atoms with Gasteiger partial charge in [-0.3, -0.25) is 14.5 Å². The van der Waals surface area contributed by atoms with Gasteiger partial charge in [0, 0.05) is 16.4 Å². The van der Waals surface area contributed by atoms with E-state index in [1.165, 1.54) is 23.1 Å². The number of thioether (sulfide) groups is 2. The number of carbonyl (C=O) groups excluding carboxylic acids is 2. The largest absolute Gasteiger partial charge is 0.477 e. The van der Waals surface area contributed by atoms with Crippen molar-refractivity contribution in [1.29, 1.82) is 0 Å². The standard InChI is InChI=1S/C17H15N5O7S3/c23-11(7-2-1-3-30-7)12(24)18-9-14(25)22-10(17(28)29)6(5-32-15(9)22)4-31-13-8(16(26)27)19-21-20-13/h1-3,9,11,15,23H,4-5H2,(H,18,24)(H,26,27)(H,28,29)(H,19,20,21)/t9?,11?,15-/m1/s1. The van der Waals surface area contributed by atoms with Gasteiger partial charge < -0.3 is 20.6 Å². The minimum Gasteiger partial charge on any atom is -0.477 e. The van der Waals surface area contributed by atoms with Gasteiger partial charge in [0.2, 0.25) is 5.69 Å². The maximum atomic E-state index is 12.7. The maximum Gasteiger partial charge on any atom is 0.359 e. The van der Waals surface area contributed by atoms with Crippen molar-refractivity contribution in [3.05, 3.63) is 39.4 Å². The number of thiophene rings is 1. The van der Waals surface area contributed by atoms with Crippen LogP contribution >= 0.6 is 34.9 Å². The molecule has 0 radical (unpaired) electrons. The molecule has 2 aliphatic rings. The summed E-state index contributed by atoms with van der Waals surface area (Å²) < 4.78 is 0. The molecule has 12 nitrogen and oxygen atoms in total. The van der Waals surface area contributed by atoms with Crippen molar-refractivity contribution in [1.82, 2.24) is 25.6 Å². The third-order valence-electron chi connectivity index (χ3n) is 4.71. The van der Waals surface area contributed by atoms with Crippen molar-refractivity contribution in [3.63, 3.8) is 0 Å². The Balaban J connectivity index is 1.47. The van der Waals surface area contributed by atoms with Crippen LogP contribution in [0.5, 0.6) is 0 Å². The van der Waals surface area contributed by atoms with Crippen LogP contribution in [0.15, 0.2) is 33.8 Å². The molecule has 0 aromatic carbocycles. The normalized spacial score (nSPS) is 21.0. The molecule has 2 amide bonds. The molecule has 0 bridgehead atoms. The van der Waals surface area contributed by atoms with Crippen molar-refractivity contribution < 1.29 is 34.5 Å². The van der Waals surface area contributed by atoms with Crippen LogP contribution in [0.4, 0.5) is 0 Å². The van der Waals surface area contributed by atoms with Gasteiger partial charge in [-0.1, -0.05) is 17.8 Å². The van der Waals surface area contributed by atoms with Crippen molar-refractivity contribution in [2.45, 2.75) is 22.5 Å². The Morgan fingerprint density at radius 2 is 2.09 bits per heavy atom. The van der Waals surface area contributed by atoms with Gasteiger partial charge in [0.15, 0.2) is 11.1 Å². The fourth-order valence-corrected chi connectivity index (χ4v) is 6.33.